The van der Waals surface area contributed by atoms with E-state index in [-0.39, 0.29) is 10.8 Å². The zero-order valence-electron chi connectivity index (χ0n) is 13.2. The van der Waals surface area contributed by atoms with Gasteiger partial charge in [-0.2, -0.15) is 0 Å². The number of carbonyl (C=O) groups is 1. The van der Waals surface area contributed by atoms with Crippen LogP contribution in [0, 0.1) is 6.92 Å². The quantitative estimate of drug-likeness (QED) is 0.857. The minimum absolute atomic E-state index is 0.164. The number of sulfonamides is 1. The van der Waals surface area contributed by atoms with Crippen molar-refractivity contribution in [3.8, 4) is 0 Å². The van der Waals surface area contributed by atoms with Crippen LogP contribution in [-0.2, 0) is 16.4 Å². The summed E-state index contributed by atoms with van der Waals surface area (Å²) in [5, 5.41) is 5.78. The zero-order chi connectivity index (χ0) is 17.0. The molecule has 1 N–H and O–H groups in total. The Labute approximate surface area is 140 Å². The van der Waals surface area contributed by atoms with E-state index < -0.39 is 10.0 Å². The van der Waals surface area contributed by atoms with Gasteiger partial charge >= 0.3 is 0 Å². The van der Waals surface area contributed by atoms with Crippen molar-refractivity contribution in [2.24, 2.45) is 0 Å². The number of thiazole rings is 1. The maximum Gasteiger partial charge on any atom is 0.251 e. The number of nitrogens with zero attached hydrogens (tertiary/aromatic N) is 2. The van der Waals surface area contributed by atoms with Gasteiger partial charge in [0.2, 0.25) is 10.0 Å². The van der Waals surface area contributed by atoms with Crippen molar-refractivity contribution in [2.75, 3.05) is 20.6 Å². The van der Waals surface area contributed by atoms with Crippen molar-refractivity contribution in [1.82, 2.24) is 14.6 Å². The molecule has 1 aromatic heterocycles. The molecular weight excluding hydrogens is 334 g/mol. The summed E-state index contributed by atoms with van der Waals surface area (Å²) in [5.41, 5.74) is 1.39. The summed E-state index contributed by atoms with van der Waals surface area (Å²) >= 11 is 1.58. The van der Waals surface area contributed by atoms with Gasteiger partial charge in [0.05, 0.1) is 15.6 Å². The average molecular weight is 353 g/mol. The summed E-state index contributed by atoms with van der Waals surface area (Å²) in [6.07, 6.45) is 0.670. The van der Waals surface area contributed by atoms with Gasteiger partial charge in [0, 0.05) is 38.0 Å². The van der Waals surface area contributed by atoms with Crippen LogP contribution in [0.25, 0.3) is 0 Å². The lowest BCUT2D eigenvalue weighted by Gasteiger charge is -2.11. The Hall–Kier alpha value is -1.77. The van der Waals surface area contributed by atoms with Crippen LogP contribution in [0.1, 0.15) is 21.1 Å². The van der Waals surface area contributed by atoms with Crippen molar-refractivity contribution >= 4 is 27.3 Å². The number of benzene rings is 1. The fourth-order valence-corrected chi connectivity index (χ4v) is 3.47. The molecule has 1 amide bonds. The second-order valence-corrected chi connectivity index (χ2v) is 8.39. The van der Waals surface area contributed by atoms with Gasteiger partial charge in [-0.25, -0.2) is 17.7 Å². The van der Waals surface area contributed by atoms with E-state index in [0.29, 0.717) is 18.5 Å². The molecule has 124 valence electrons. The van der Waals surface area contributed by atoms with Gasteiger partial charge in [-0.1, -0.05) is 0 Å². The van der Waals surface area contributed by atoms with E-state index in [0.717, 1.165) is 15.0 Å². The fraction of sp³-hybridized carbons (Fsp3) is 0.333. The number of nitrogens with one attached hydrogen (secondary N) is 1. The van der Waals surface area contributed by atoms with Crippen LogP contribution < -0.4 is 5.32 Å². The Balaban J connectivity index is 1.95. The van der Waals surface area contributed by atoms with Crippen LogP contribution >= 0.6 is 11.3 Å². The van der Waals surface area contributed by atoms with Crippen LogP contribution in [0.15, 0.2) is 34.5 Å². The summed E-state index contributed by atoms with van der Waals surface area (Å²) < 4.78 is 25.1. The SMILES string of the molecule is Cc1nc(CCNC(=O)c2ccc(S(=O)(=O)N(C)C)cc2)cs1. The molecule has 0 saturated heterocycles. The van der Waals surface area contributed by atoms with Gasteiger partial charge in [-0.3, -0.25) is 4.79 Å². The van der Waals surface area contributed by atoms with E-state index in [4.69, 9.17) is 0 Å². The van der Waals surface area contributed by atoms with Crippen molar-refractivity contribution in [1.29, 1.82) is 0 Å². The molecule has 0 aliphatic heterocycles. The van der Waals surface area contributed by atoms with E-state index in [1.807, 2.05) is 12.3 Å². The third-order valence-corrected chi connectivity index (χ3v) is 5.88. The summed E-state index contributed by atoms with van der Waals surface area (Å²) in [7, 11) is -0.539. The first-order valence-corrected chi connectivity index (χ1v) is 9.34. The molecule has 0 unspecified atom stereocenters. The maximum atomic E-state index is 12.0. The molecule has 0 aliphatic carbocycles. The first-order valence-electron chi connectivity index (χ1n) is 7.02. The lowest BCUT2D eigenvalue weighted by molar-refractivity contribution is 0.0954. The standard InChI is InChI=1S/C15H19N3O3S2/c1-11-17-13(10-22-11)8-9-16-15(19)12-4-6-14(7-5-12)23(20,21)18(2)3/h4-7,10H,8-9H2,1-3H3,(H,16,19). The van der Waals surface area contributed by atoms with Gasteiger partial charge in [-0.05, 0) is 31.2 Å². The molecule has 2 rings (SSSR count). The lowest BCUT2D eigenvalue weighted by Crippen LogP contribution is -2.26. The van der Waals surface area contributed by atoms with Gasteiger partial charge in [-0.15, -0.1) is 11.3 Å². The summed E-state index contributed by atoms with van der Waals surface area (Å²) in [4.78, 5) is 16.5. The van der Waals surface area contributed by atoms with Crippen LogP contribution in [0.4, 0.5) is 0 Å². The van der Waals surface area contributed by atoms with Crippen molar-refractivity contribution < 1.29 is 13.2 Å². The summed E-state index contributed by atoms with van der Waals surface area (Å²) in [6, 6.07) is 5.90. The highest BCUT2D eigenvalue weighted by Gasteiger charge is 2.17. The van der Waals surface area contributed by atoms with Crippen LogP contribution in [-0.4, -0.2) is 44.3 Å². The highest BCUT2D eigenvalue weighted by Crippen LogP contribution is 2.14. The molecule has 0 saturated carbocycles. The normalized spacial score (nSPS) is 11.7. The average Bonchev–Trinajstić information content (AvgIpc) is 2.92. The van der Waals surface area contributed by atoms with Crippen molar-refractivity contribution in [3.05, 3.63) is 45.9 Å². The monoisotopic (exact) mass is 353 g/mol. The van der Waals surface area contributed by atoms with E-state index in [1.54, 1.807) is 11.3 Å². The topological polar surface area (TPSA) is 79.4 Å². The van der Waals surface area contributed by atoms with Crippen molar-refractivity contribution in [2.45, 2.75) is 18.2 Å². The second kappa shape index (κ2) is 7.20. The summed E-state index contributed by atoms with van der Waals surface area (Å²) in [5.74, 6) is -0.231. The molecule has 0 atom stereocenters. The molecule has 0 spiro atoms. The first kappa shape index (κ1) is 17.6. The van der Waals surface area contributed by atoms with Crippen LogP contribution in [0.3, 0.4) is 0 Å². The summed E-state index contributed by atoms with van der Waals surface area (Å²) in [6.45, 7) is 2.43. The van der Waals surface area contributed by atoms with Crippen molar-refractivity contribution in [3.63, 3.8) is 0 Å². The number of aromatic nitrogens is 1. The minimum Gasteiger partial charge on any atom is -0.352 e. The maximum absolute atomic E-state index is 12.0. The Kier molecular flexibility index (Phi) is 5.51. The molecule has 6 nitrogen and oxygen atoms in total. The van der Waals surface area contributed by atoms with E-state index in [2.05, 4.69) is 10.3 Å². The van der Waals surface area contributed by atoms with E-state index in [1.165, 1.54) is 38.4 Å². The highest BCUT2D eigenvalue weighted by atomic mass is 32.2. The Bertz CT molecular complexity index is 781. The third kappa shape index (κ3) is 4.37. The fourth-order valence-electron chi connectivity index (χ4n) is 1.92. The van der Waals surface area contributed by atoms with Gasteiger partial charge in [0.15, 0.2) is 0 Å². The molecule has 8 heteroatoms. The second-order valence-electron chi connectivity index (χ2n) is 5.18. The lowest BCUT2D eigenvalue weighted by atomic mass is 10.2. The van der Waals surface area contributed by atoms with Crippen LogP contribution in [0.5, 0.6) is 0 Å². The van der Waals surface area contributed by atoms with E-state index in [9.17, 15) is 13.2 Å². The third-order valence-electron chi connectivity index (χ3n) is 3.23. The van der Waals surface area contributed by atoms with Gasteiger partial charge in [0.1, 0.15) is 0 Å². The molecule has 0 aliphatic rings. The molecule has 1 heterocycles. The largest absolute Gasteiger partial charge is 0.352 e. The Morgan fingerprint density at radius 2 is 1.91 bits per heavy atom. The molecule has 2 aromatic rings. The molecule has 1 aromatic carbocycles. The number of carbonyl (C=O) groups excluding carboxylic acids is 1. The number of rotatable bonds is 6. The predicted molar refractivity (Wildman–Crippen MR) is 90.2 cm³/mol. The molecular formula is C15H19N3O3S2. The first-order chi connectivity index (χ1) is 10.8. The Morgan fingerprint density at radius 3 is 2.43 bits per heavy atom. The number of hydrogen-bond donors (Lipinski definition) is 1. The zero-order valence-corrected chi connectivity index (χ0v) is 14.9. The number of amides is 1. The molecule has 0 bridgehead atoms. The predicted octanol–water partition coefficient (Wildman–Crippen LogP) is 1.67. The molecule has 23 heavy (non-hydrogen) atoms. The highest BCUT2D eigenvalue weighted by molar-refractivity contribution is 7.89. The van der Waals surface area contributed by atoms with Gasteiger partial charge < -0.3 is 5.32 Å². The van der Waals surface area contributed by atoms with Crippen LogP contribution in [0.2, 0.25) is 0 Å². The van der Waals surface area contributed by atoms with E-state index >= 15 is 0 Å². The number of aryl methyl sites for hydroxylation is 1. The number of hydrogen-bond acceptors (Lipinski definition) is 5. The molecule has 0 fully saturated rings. The van der Waals surface area contributed by atoms with Gasteiger partial charge in [0.25, 0.3) is 5.91 Å². The molecule has 0 radical (unpaired) electrons. The Morgan fingerprint density at radius 1 is 1.26 bits per heavy atom. The minimum atomic E-state index is -3.48. The smallest absolute Gasteiger partial charge is 0.251 e.